The first-order valence-electron chi connectivity index (χ1n) is 7.57. The molecular weight excluding hydrogens is 312 g/mol. The number of aryl methyl sites for hydroxylation is 1. The number of amides is 1. The second kappa shape index (κ2) is 6.50. The van der Waals surface area contributed by atoms with Crippen LogP contribution in [-0.2, 0) is 21.1 Å². The average molecular weight is 330 g/mol. The van der Waals surface area contributed by atoms with E-state index >= 15 is 0 Å². The van der Waals surface area contributed by atoms with Crippen molar-refractivity contribution < 1.29 is 13.2 Å². The van der Waals surface area contributed by atoms with Crippen molar-refractivity contribution in [2.75, 3.05) is 5.75 Å². The quantitative estimate of drug-likeness (QED) is 0.931. The Hall–Kier alpha value is -2.21. The van der Waals surface area contributed by atoms with Gasteiger partial charge in [-0.05, 0) is 36.6 Å². The van der Waals surface area contributed by atoms with Crippen molar-refractivity contribution in [3.63, 3.8) is 0 Å². The Kier molecular flexibility index (Phi) is 4.43. The SMILES string of the molecule is O=C(CCc1ccccn1)N[C@H]1CCS(=O)(=O)c2ccccc21. The zero-order chi connectivity index (χ0) is 16.3. The second-order valence-electron chi connectivity index (χ2n) is 5.59. The molecule has 0 bridgehead atoms. The molecule has 3 rings (SSSR count). The molecule has 23 heavy (non-hydrogen) atoms. The van der Waals surface area contributed by atoms with Gasteiger partial charge in [-0.15, -0.1) is 0 Å². The molecule has 1 aliphatic rings. The van der Waals surface area contributed by atoms with Crippen LogP contribution in [0.1, 0.15) is 30.1 Å². The first kappa shape index (κ1) is 15.7. The summed E-state index contributed by atoms with van der Waals surface area (Å²) in [5.41, 5.74) is 1.55. The fraction of sp³-hybridized carbons (Fsp3) is 0.294. The topological polar surface area (TPSA) is 76.1 Å². The normalized spacial score (nSPS) is 18.9. The molecule has 0 unspecified atom stereocenters. The van der Waals surface area contributed by atoms with Gasteiger partial charge in [-0.2, -0.15) is 0 Å². The van der Waals surface area contributed by atoms with Crippen LogP contribution >= 0.6 is 0 Å². The van der Waals surface area contributed by atoms with Crippen LogP contribution in [0.15, 0.2) is 53.6 Å². The summed E-state index contributed by atoms with van der Waals surface area (Å²) in [7, 11) is -3.23. The lowest BCUT2D eigenvalue weighted by Gasteiger charge is -2.26. The van der Waals surface area contributed by atoms with Gasteiger partial charge in [-0.25, -0.2) is 8.42 Å². The van der Waals surface area contributed by atoms with Gasteiger partial charge in [0.15, 0.2) is 9.84 Å². The fourth-order valence-electron chi connectivity index (χ4n) is 2.79. The number of aromatic nitrogens is 1. The number of hydrogen-bond donors (Lipinski definition) is 1. The van der Waals surface area contributed by atoms with Crippen LogP contribution in [-0.4, -0.2) is 25.1 Å². The Morgan fingerprint density at radius 2 is 1.96 bits per heavy atom. The first-order chi connectivity index (χ1) is 11.1. The molecule has 120 valence electrons. The Labute approximate surface area is 135 Å². The maximum absolute atomic E-state index is 12.2. The summed E-state index contributed by atoms with van der Waals surface area (Å²) in [6.07, 6.45) is 3.02. The van der Waals surface area contributed by atoms with E-state index in [1.165, 1.54) is 0 Å². The van der Waals surface area contributed by atoms with Gasteiger partial charge in [-0.1, -0.05) is 24.3 Å². The second-order valence-corrected chi connectivity index (χ2v) is 7.66. The van der Waals surface area contributed by atoms with Gasteiger partial charge in [0, 0.05) is 18.3 Å². The monoisotopic (exact) mass is 330 g/mol. The Morgan fingerprint density at radius 1 is 1.17 bits per heavy atom. The fourth-order valence-corrected chi connectivity index (χ4v) is 4.42. The summed E-state index contributed by atoms with van der Waals surface area (Å²) < 4.78 is 24.2. The van der Waals surface area contributed by atoms with E-state index < -0.39 is 9.84 Å². The molecule has 1 aromatic carbocycles. The van der Waals surface area contributed by atoms with Gasteiger partial charge in [0.2, 0.25) is 5.91 Å². The molecule has 0 saturated carbocycles. The molecule has 1 amide bonds. The number of rotatable bonds is 4. The van der Waals surface area contributed by atoms with E-state index in [-0.39, 0.29) is 17.7 Å². The third-order valence-corrected chi connectivity index (χ3v) is 5.79. The predicted molar refractivity (Wildman–Crippen MR) is 86.6 cm³/mol. The van der Waals surface area contributed by atoms with Gasteiger partial charge in [0.05, 0.1) is 16.7 Å². The van der Waals surface area contributed by atoms with E-state index in [4.69, 9.17) is 0 Å². The molecule has 0 aliphatic carbocycles. The van der Waals surface area contributed by atoms with E-state index in [1.807, 2.05) is 18.2 Å². The van der Waals surface area contributed by atoms with Crippen molar-refractivity contribution >= 4 is 15.7 Å². The smallest absolute Gasteiger partial charge is 0.220 e. The van der Waals surface area contributed by atoms with Crippen LogP contribution in [0.3, 0.4) is 0 Å². The van der Waals surface area contributed by atoms with E-state index in [9.17, 15) is 13.2 Å². The van der Waals surface area contributed by atoms with Gasteiger partial charge in [0.25, 0.3) is 0 Å². The largest absolute Gasteiger partial charge is 0.349 e. The Morgan fingerprint density at radius 3 is 2.74 bits per heavy atom. The molecule has 0 spiro atoms. The number of nitrogens with one attached hydrogen (secondary N) is 1. The van der Waals surface area contributed by atoms with Crippen molar-refractivity contribution in [2.45, 2.75) is 30.2 Å². The minimum atomic E-state index is -3.23. The van der Waals surface area contributed by atoms with Gasteiger partial charge < -0.3 is 5.32 Å². The minimum absolute atomic E-state index is 0.0647. The first-order valence-corrected chi connectivity index (χ1v) is 9.22. The molecule has 0 fully saturated rings. The molecule has 0 radical (unpaired) electrons. The zero-order valence-corrected chi connectivity index (χ0v) is 13.4. The van der Waals surface area contributed by atoms with E-state index in [0.717, 1.165) is 5.69 Å². The summed E-state index contributed by atoms with van der Waals surface area (Å²) >= 11 is 0. The summed E-state index contributed by atoms with van der Waals surface area (Å²) in [4.78, 5) is 16.7. The summed E-state index contributed by atoms with van der Waals surface area (Å²) in [5.74, 6) is -0.0235. The summed E-state index contributed by atoms with van der Waals surface area (Å²) in [5, 5.41) is 2.95. The predicted octanol–water partition coefficient (Wildman–Crippen LogP) is 2.05. The summed E-state index contributed by atoms with van der Waals surface area (Å²) in [6.45, 7) is 0. The van der Waals surface area contributed by atoms with Crippen LogP contribution < -0.4 is 5.32 Å². The molecule has 5 nitrogen and oxygen atoms in total. The lowest BCUT2D eigenvalue weighted by Crippen LogP contribution is -2.34. The molecule has 1 aromatic heterocycles. The lowest BCUT2D eigenvalue weighted by atomic mass is 10.0. The van der Waals surface area contributed by atoms with E-state index in [2.05, 4.69) is 10.3 Å². The van der Waals surface area contributed by atoms with Gasteiger partial charge in [0.1, 0.15) is 0 Å². The summed E-state index contributed by atoms with van der Waals surface area (Å²) in [6, 6.07) is 12.3. The molecule has 1 aliphatic heterocycles. The molecule has 0 saturated heterocycles. The van der Waals surface area contributed by atoms with Crippen molar-refractivity contribution in [3.8, 4) is 0 Å². The van der Waals surface area contributed by atoms with Crippen molar-refractivity contribution in [1.29, 1.82) is 0 Å². The van der Waals surface area contributed by atoms with E-state index in [0.29, 0.717) is 29.7 Å². The van der Waals surface area contributed by atoms with Crippen LogP contribution in [0.25, 0.3) is 0 Å². The number of carbonyl (C=O) groups is 1. The van der Waals surface area contributed by atoms with Crippen LogP contribution in [0.2, 0.25) is 0 Å². The highest BCUT2D eigenvalue weighted by atomic mass is 32.2. The molecule has 2 aromatic rings. The standard InChI is InChI=1S/C17H18N2O3S/c20-17(9-8-13-5-3-4-11-18-13)19-15-10-12-23(21,22)16-7-2-1-6-14(15)16/h1-7,11,15H,8-10,12H2,(H,19,20)/t15-/m0/s1. The number of benzene rings is 1. The molecule has 1 N–H and O–H groups in total. The van der Waals surface area contributed by atoms with Crippen LogP contribution in [0.4, 0.5) is 0 Å². The average Bonchev–Trinajstić information content (AvgIpc) is 2.57. The van der Waals surface area contributed by atoms with Crippen LogP contribution in [0.5, 0.6) is 0 Å². The Bertz CT molecular complexity index is 804. The number of hydrogen-bond acceptors (Lipinski definition) is 4. The zero-order valence-electron chi connectivity index (χ0n) is 12.6. The number of pyridine rings is 1. The number of fused-ring (bicyclic) bond motifs is 1. The molecular formula is C17H18N2O3S. The number of carbonyl (C=O) groups excluding carboxylic acids is 1. The van der Waals surface area contributed by atoms with Gasteiger partial charge in [-0.3, -0.25) is 9.78 Å². The number of nitrogens with zero attached hydrogens (tertiary/aromatic N) is 1. The van der Waals surface area contributed by atoms with Crippen molar-refractivity contribution in [2.24, 2.45) is 0 Å². The third kappa shape index (κ3) is 3.59. The molecule has 6 heteroatoms. The number of sulfone groups is 1. The van der Waals surface area contributed by atoms with Gasteiger partial charge >= 0.3 is 0 Å². The molecule has 1 atom stereocenters. The maximum Gasteiger partial charge on any atom is 0.220 e. The Balaban J connectivity index is 1.68. The maximum atomic E-state index is 12.2. The van der Waals surface area contributed by atoms with Crippen molar-refractivity contribution in [3.05, 3.63) is 59.9 Å². The van der Waals surface area contributed by atoms with E-state index in [1.54, 1.807) is 30.5 Å². The van der Waals surface area contributed by atoms with Crippen LogP contribution in [0, 0.1) is 0 Å². The molecule has 2 heterocycles. The highest BCUT2D eigenvalue weighted by Crippen LogP contribution is 2.31. The minimum Gasteiger partial charge on any atom is -0.349 e. The third-order valence-electron chi connectivity index (χ3n) is 3.97. The highest BCUT2D eigenvalue weighted by molar-refractivity contribution is 7.91. The van der Waals surface area contributed by atoms with Crippen molar-refractivity contribution in [1.82, 2.24) is 10.3 Å². The highest BCUT2D eigenvalue weighted by Gasteiger charge is 2.30. The lowest BCUT2D eigenvalue weighted by molar-refractivity contribution is -0.121.